The van der Waals surface area contributed by atoms with E-state index in [9.17, 15) is 26.4 Å². The molecule has 0 unspecified atom stereocenters. The van der Waals surface area contributed by atoms with Gasteiger partial charge in [0.1, 0.15) is 5.82 Å². The Labute approximate surface area is 218 Å². The highest BCUT2D eigenvalue weighted by atomic mass is 35.5. The number of hydrogen-bond acceptors (Lipinski definition) is 7. The smallest absolute Gasteiger partial charge is 0.326 e. The van der Waals surface area contributed by atoms with Gasteiger partial charge in [-0.3, -0.25) is 9.52 Å². The average molecular weight is 568 g/mol. The lowest BCUT2D eigenvalue weighted by Crippen LogP contribution is -2.16. The zero-order valence-corrected chi connectivity index (χ0v) is 21.0. The van der Waals surface area contributed by atoms with Gasteiger partial charge in [0.05, 0.1) is 27.6 Å². The molecule has 14 heteroatoms. The molecule has 4 rings (SSSR count). The van der Waals surface area contributed by atoms with Crippen molar-refractivity contribution in [3.05, 3.63) is 88.5 Å². The van der Waals surface area contributed by atoms with Crippen molar-refractivity contribution < 1.29 is 26.4 Å². The summed E-state index contributed by atoms with van der Waals surface area (Å²) in [7, 11) is -4.22. The van der Waals surface area contributed by atoms with Gasteiger partial charge in [0.15, 0.2) is 5.13 Å². The highest BCUT2D eigenvalue weighted by Crippen LogP contribution is 2.31. The van der Waals surface area contributed by atoms with Crippen LogP contribution in [0.4, 0.5) is 35.5 Å². The van der Waals surface area contributed by atoms with E-state index in [2.05, 4.69) is 25.3 Å². The molecule has 0 spiro atoms. The lowest BCUT2D eigenvalue weighted by Gasteiger charge is -2.12. The fourth-order valence-corrected chi connectivity index (χ4v) is 5.01. The van der Waals surface area contributed by atoms with E-state index in [4.69, 9.17) is 11.6 Å². The minimum absolute atomic E-state index is 0.0777. The molecule has 0 aliphatic carbocycles. The minimum Gasteiger partial charge on any atom is -0.326 e. The van der Waals surface area contributed by atoms with Crippen LogP contribution in [0.2, 0.25) is 5.02 Å². The largest absolute Gasteiger partial charge is 0.416 e. The van der Waals surface area contributed by atoms with Crippen molar-refractivity contribution in [2.75, 3.05) is 15.4 Å². The topological polar surface area (TPSA) is 113 Å². The van der Waals surface area contributed by atoms with Gasteiger partial charge in [-0.2, -0.15) is 13.2 Å². The second kappa shape index (κ2) is 10.7. The van der Waals surface area contributed by atoms with Gasteiger partial charge in [-0.15, -0.1) is 11.3 Å². The molecule has 0 saturated carbocycles. The van der Waals surface area contributed by atoms with Crippen LogP contribution < -0.4 is 15.4 Å². The zero-order chi connectivity index (χ0) is 26.6. The SMILES string of the molecule is O=C(Cc1csc(Nc2ccc(Cl)cn2)n1)Nc1cccc(S(=O)(=O)Nc2cccc(C(F)(F)F)c2)c1. The van der Waals surface area contributed by atoms with Crippen molar-refractivity contribution in [1.82, 2.24) is 9.97 Å². The lowest BCUT2D eigenvalue weighted by molar-refractivity contribution is -0.137. The van der Waals surface area contributed by atoms with Gasteiger partial charge in [-0.05, 0) is 48.5 Å². The molecule has 8 nitrogen and oxygen atoms in total. The third kappa shape index (κ3) is 7.18. The molecule has 0 atom stereocenters. The fourth-order valence-electron chi connectivity index (χ4n) is 3.09. The van der Waals surface area contributed by atoms with E-state index in [1.807, 2.05) is 0 Å². The van der Waals surface area contributed by atoms with Crippen molar-refractivity contribution in [3.8, 4) is 0 Å². The van der Waals surface area contributed by atoms with E-state index in [0.717, 1.165) is 12.1 Å². The summed E-state index contributed by atoms with van der Waals surface area (Å²) in [5, 5.41) is 8.30. The van der Waals surface area contributed by atoms with Gasteiger partial charge in [0, 0.05) is 23.0 Å². The zero-order valence-electron chi connectivity index (χ0n) is 18.6. The minimum atomic E-state index is -4.62. The predicted octanol–water partition coefficient (Wildman–Crippen LogP) is 5.94. The molecule has 2 heterocycles. The molecule has 3 N–H and O–H groups in total. The van der Waals surface area contributed by atoms with Gasteiger partial charge < -0.3 is 10.6 Å². The summed E-state index contributed by atoms with van der Waals surface area (Å²) in [5.41, 5.74) is -0.561. The molecule has 192 valence electrons. The van der Waals surface area contributed by atoms with Crippen LogP contribution in [-0.2, 0) is 27.4 Å². The third-order valence-electron chi connectivity index (χ3n) is 4.73. The average Bonchev–Trinajstić information content (AvgIpc) is 3.26. The molecule has 0 aliphatic rings. The second-order valence-corrected chi connectivity index (χ2v) is 10.5. The first-order valence-corrected chi connectivity index (χ1v) is 13.1. The Morgan fingerprint density at radius 3 is 2.51 bits per heavy atom. The van der Waals surface area contributed by atoms with Crippen LogP contribution in [0.1, 0.15) is 11.3 Å². The third-order valence-corrected chi connectivity index (χ3v) is 7.14. The number of aromatic nitrogens is 2. The maximum atomic E-state index is 12.9. The molecule has 2 aromatic heterocycles. The number of benzene rings is 2. The Kier molecular flexibility index (Phi) is 7.66. The normalized spacial score (nSPS) is 11.7. The van der Waals surface area contributed by atoms with Crippen molar-refractivity contribution in [2.24, 2.45) is 0 Å². The van der Waals surface area contributed by atoms with E-state index in [1.54, 1.807) is 17.5 Å². The van der Waals surface area contributed by atoms with Crippen LogP contribution in [0.15, 0.2) is 77.1 Å². The van der Waals surface area contributed by atoms with Gasteiger partial charge in [0.25, 0.3) is 10.0 Å². The van der Waals surface area contributed by atoms with Crippen LogP contribution >= 0.6 is 22.9 Å². The number of carbonyl (C=O) groups excluding carboxylic acids is 1. The summed E-state index contributed by atoms with van der Waals surface area (Å²) in [5.74, 6) is 0.0911. The quantitative estimate of drug-likeness (QED) is 0.243. The number of sulfonamides is 1. The highest BCUT2D eigenvalue weighted by molar-refractivity contribution is 7.92. The van der Waals surface area contributed by atoms with Crippen LogP contribution in [0.25, 0.3) is 0 Å². The Morgan fingerprint density at radius 1 is 1.03 bits per heavy atom. The number of amides is 1. The number of nitrogens with one attached hydrogen (secondary N) is 3. The number of pyridine rings is 1. The van der Waals surface area contributed by atoms with Crippen LogP contribution in [-0.4, -0.2) is 24.3 Å². The van der Waals surface area contributed by atoms with E-state index >= 15 is 0 Å². The first-order valence-electron chi connectivity index (χ1n) is 10.4. The molecule has 0 fully saturated rings. The molecular formula is C23H17ClF3N5O3S2. The van der Waals surface area contributed by atoms with Crippen LogP contribution in [0.5, 0.6) is 0 Å². The number of alkyl halides is 3. The molecule has 4 aromatic rings. The fraction of sp³-hybridized carbons (Fsp3) is 0.0870. The van der Waals surface area contributed by atoms with Gasteiger partial charge in [0.2, 0.25) is 5.91 Å². The highest BCUT2D eigenvalue weighted by Gasteiger charge is 2.30. The van der Waals surface area contributed by atoms with Gasteiger partial charge in [-0.1, -0.05) is 23.7 Å². The summed E-state index contributed by atoms with van der Waals surface area (Å²) in [6.45, 7) is 0. The lowest BCUT2D eigenvalue weighted by atomic mass is 10.2. The molecule has 0 aliphatic heterocycles. The summed E-state index contributed by atoms with van der Waals surface area (Å²) < 4.78 is 66.4. The van der Waals surface area contributed by atoms with Gasteiger partial charge >= 0.3 is 6.18 Å². The Bertz CT molecular complexity index is 1530. The summed E-state index contributed by atoms with van der Waals surface area (Å²) in [6.07, 6.45) is -3.21. The maximum absolute atomic E-state index is 12.9. The molecule has 0 bridgehead atoms. The summed E-state index contributed by atoms with van der Waals surface area (Å²) in [6, 6.07) is 12.5. The molecule has 2 aromatic carbocycles. The monoisotopic (exact) mass is 567 g/mol. The Balaban J connectivity index is 1.40. The number of carbonyl (C=O) groups is 1. The van der Waals surface area contributed by atoms with Crippen molar-refractivity contribution in [1.29, 1.82) is 0 Å². The summed E-state index contributed by atoms with van der Waals surface area (Å²) >= 11 is 7.08. The number of hydrogen-bond donors (Lipinski definition) is 3. The molecule has 0 saturated heterocycles. The van der Waals surface area contributed by atoms with E-state index in [1.165, 1.54) is 47.9 Å². The van der Waals surface area contributed by atoms with E-state index < -0.39 is 27.7 Å². The van der Waals surface area contributed by atoms with E-state index in [-0.39, 0.29) is 22.7 Å². The van der Waals surface area contributed by atoms with Crippen LogP contribution in [0.3, 0.4) is 0 Å². The molecule has 37 heavy (non-hydrogen) atoms. The Morgan fingerprint density at radius 2 is 1.78 bits per heavy atom. The predicted molar refractivity (Wildman–Crippen MR) is 136 cm³/mol. The van der Waals surface area contributed by atoms with Gasteiger partial charge in [-0.25, -0.2) is 18.4 Å². The summed E-state index contributed by atoms with van der Waals surface area (Å²) in [4.78, 5) is 20.7. The molecule has 1 amide bonds. The number of halogens is 4. The van der Waals surface area contributed by atoms with E-state index in [0.29, 0.717) is 27.7 Å². The number of anilines is 4. The number of nitrogens with zero attached hydrogens (tertiary/aromatic N) is 2. The second-order valence-electron chi connectivity index (χ2n) is 7.57. The first-order chi connectivity index (χ1) is 17.5. The number of thiazole rings is 1. The van der Waals surface area contributed by atoms with Crippen molar-refractivity contribution in [3.63, 3.8) is 0 Å². The van der Waals surface area contributed by atoms with Crippen LogP contribution in [0, 0.1) is 0 Å². The number of rotatable bonds is 8. The maximum Gasteiger partial charge on any atom is 0.416 e. The molecule has 0 radical (unpaired) electrons. The molecular weight excluding hydrogens is 551 g/mol. The first kappa shape index (κ1) is 26.4. The standard InChI is InChI=1S/C23H17ClF3N5O3S2/c24-15-7-8-20(28-12-15)31-22-30-18(13-36-22)11-21(33)29-16-4-2-6-19(10-16)37(34,35)32-17-5-1-3-14(9-17)23(25,26)27/h1-10,12-13,32H,11H2,(H,29,33)(H,28,30,31). The van der Waals surface area contributed by atoms with Crippen molar-refractivity contribution >= 4 is 61.2 Å². The Hall–Kier alpha value is -3.68. The van der Waals surface area contributed by atoms with Crippen molar-refractivity contribution in [2.45, 2.75) is 17.5 Å².